The average molecular weight is 349 g/mol. The molecule has 1 aromatic rings. The summed E-state index contributed by atoms with van der Waals surface area (Å²) < 4.78 is 5.50. The highest BCUT2D eigenvalue weighted by molar-refractivity contribution is 6.06. The van der Waals surface area contributed by atoms with Crippen molar-refractivity contribution in [3.63, 3.8) is 0 Å². The molecule has 26 heavy (non-hydrogen) atoms. The number of benzene rings is 1. The molecule has 1 aliphatic heterocycles. The Morgan fingerprint density at radius 3 is 2.77 bits per heavy atom. The molecular weight excluding hydrogens is 322 g/mol. The predicted octanol–water partition coefficient (Wildman–Crippen LogP) is 5.00. The van der Waals surface area contributed by atoms with Gasteiger partial charge < -0.3 is 10.1 Å². The molecule has 0 atom stereocenters. The first-order valence-corrected chi connectivity index (χ1v) is 8.60. The topological polar surface area (TPSA) is 46.0 Å². The van der Waals surface area contributed by atoms with Crippen LogP contribution in [0.3, 0.4) is 0 Å². The Hall–Kier alpha value is -2.88. The van der Waals surface area contributed by atoms with Gasteiger partial charge in [-0.2, -0.15) is 0 Å². The fourth-order valence-electron chi connectivity index (χ4n) is 2.63. The number of aliphatic imine (C=N–C) groups is 2. The van der Waals surface area contributed by atoms with Crippen LogP contribution in [0.1, 0.15) is 25.0 Å². The second-order valence-corrected chi connectivity index (χ2v) is 6.40. The Labute approximate surface area is 156 Å². The van der Waals surface area contributed by atoms with Gasteiger partial charge in [-0.3, -0.25) is 4.99 Å². The zero-order valence-corrected chi connectivity index (χ0v) is 16.1. The average Bonchev–Trinajstić information content (AvgIpc) is 2.59. The molecule has 1 aliphatic rings. The van der Waals surface area contributed by atoms with Crippen LogP contribution >= 0.6 is 0 Å². The second-order valence-electron chi connectivity index (χ2n) is 6.40. The molecule has 4 heteroatoms. The summed E-state index contributed by atoms with van der Waals surface area (Å²) in [5, 5.41) is 3.26. The molecule has 0 radical (unpaired) electrons. The van der Waals surface area contributed by atoms with E-state index in [1.54, 1.807) is 13.4 Å². The molecule has 0 aromatic heterocycles. The van der Waals surface area contributed by atoms with E-state index >= 15 is 0 Å². The van der Waals surface area contributed by atoms with Crippen LogP contribution in [0.4, 0.5) is 5.69 Å². The lowest BCUT2D eigenvalue weighted by Gasteiger charge is -2.14. The predicted molar refractivity (Wildman–Crippen MR) is 112 cm³/mol. The van der Waals surface area contributed by atoms with Crippen molar-refractivity contribution in [2.45, 2.75) is 27.2 Å². The molecule has 0 saturated heterocycles. The van der Waals surface area contributed by atoms with Crippen LogP contribution in [0.25, 0.3) is 0 Å². The minimum atomic E-state index is 0.576. The highest BCUT2D eigenvalue weighted by Gasteiger charge is 2.11. The van der Waals surface area contributed by atoms with Gasteiger partial charge in [0.1, 0.15) is 12.1 Å². The van der Waals surface area contributed by atoms with E-state index in [4.69, 9.17) is 4.74 Å². The van der Waals surface area contributed by atoms with E-state index in [2.05, 4.69) is 53.6 Å². The van der Waals surface area contributed by atoms with E-state index in [0.717, 1.165) is 34.0 Å². The monoisotopic (exact) mass is 349 g/mol. The number of rotatable bonds is 5. The Balaban J connectivity index is 2.36. The number of ether oxygens (including phenoxy) is 1. The summed E-state index contributed by atoms with van der Waals surface area (Å²) in [7, 11) is 1.67. The summed E-state index contributed by atoms with van der Waals surface area (Å²) in [4.78, 5) is 8.87. The van der Waals surface area contributed by atoms with Crippen molar-refractivity contribution < 1.29 is 4.74 Å². The standard InChI is InChI=1S/C22H27N3O/c1-15(2)25-20-8-7-16(3)19(12-20)13-21-18(5)11-22(26-6)17(4)9-10-23-14-24-21/h7-9,11-12,14,25H,1,5,10,13H2,2-4,6H3/b17-9-,22-11+,23-14?,24-21?. The van der Waals surface area contributed by atoms with Crippen molar-refractivity contribution in [1.82, 2.24) is 0 Å². The van der Waals surface area contributed by atoms with Crippen LogP contribution in [0.2, 0.25) is 0 Å². The number of hydrogen-bond donors (Lipinski definition) is 1. The number of nitrogens with one attached hydrogen (secondary N) is 1. The van der Waals surface area contributed by atoms with Crippen LogP contribution in [0.15, 0.2) is 76.1 Å². The fourth-order valence-corrected chi connectivity index (χ4v) is 2.63. The third-order valence-corrected chi connectivity index (χ3v) is 4.15. The number of methoxy groups -OCH3 is 1. The fraction of sp³-hybridized carbons (Fsp3) is 0.273. The summed E-state index contributed by atoms with van der Waals surface area (Å²) in [6.07, 6.45) is 6.23. The van der Waals surface area contributed by atoms with E-state index in [1.165, 1.54) is 11.1 Å². The quantitative estimate of drug-likeness (QED) is 0.813. The van der Waals surface area contributed by atoms with Crippen LogP contribution < -0.4 is 5.32 Å². The van der Waals surface area contributed by atoms with Crippen molar-refractivity contribution in [2.24, 2.45) is 9.98 Å². The van der Waals surface area contributed by atoms with Crippen molar-refractivity contribution >= 4 is 17.7 Å². The zero-order chi connectivity index (χ0) is 19.1. The molecule has 0 bridgehead atoms. The van der Waals surface area contributed by atoms with Gasteiger partial charge in [-0.15, -0.1) is 0 Å². The number of nitrogens with zero attached hydrogens (tertiary/aromatic N) is 2. The largest absolute Gasteiger partial charge is 0.496 e. The molecule has 1 heterocycles. The zero-order valence-electron chi connectivity index (χ0n) is 16.1. The van der Waals surface area contributed by atoms with Crippen LogP contribution in [-0.2, 0) is 11.2 Å². The molecule has 136 valence electrons. The van der Waals surface area contributed by atoms with Gasteiger partial charge in [-0.25, -0.2) is 4.99 Å². The Kier molecular flexibility index (Phi) is 6.73. The van der Waals surface area contributed by atoms with Crippen molar-refractivity contribution in [1.29, 1.82) is 0 Å². The molecule has 0 saturated carbocycles. The summed E-state index contributed by atoms with van der Waals surface area (Å²) >= 11 is 0. The first-order chi connectivity index (χ1) is 12.4. The maximum absolute atomic E-state index is 5.50. The van der Waals surface area contributed by atoms with Gasteiger partial charge in [0.2, 0.25) is 0 Å². The minimum Gasteiger partial charge on any atom is -0.496 e. The first kappa shape index (κ1) is 19.4. The number of hydrogen-bond acceptors (Lipinski definition) is 4. The Morgan fingerprint density at radius 2 is 2.08 bits per heavy atom. The third-order valence-electron chi connectivity index (χ3n) is 4.15. The summed E-state index contributed by atoms with van der Waals surface area (Å²) in [6.45, 7) is 14.7. The lowest BCUT2D eigenvalue weighted by molar-refractivity contribution is 0.300. The SMILES string of the molecule is C=C(C)Nc1ccc(C)c(CC2=NC=NC/C=C(C)\C(OC)=C/C2=C)c1. The smallest absolute Gasteiger partial charge is 0.122 e. The van der Waals surface area contributed by atoms with Gasteiger partial charge in [-0.05, 0) is 61.3 Å². The maximum Gasteiger partial charge on any atom is 0.122 e. The number of anilines is 1. The highest BCUT2D eigenvalue weighted by atomic mass is 16.5. The highest BCUT2D eigenvalue weighted by Crippen LogP contribution is 2.20. The van der Waals surface area contributed by atoms with Gasteiger partial charge in [0.05, 0.1) is 19.4 Å². The lowest BCUT2D eigenvalue weighted by Crippen LogP contribution is -2.09. The number of aryl methyl sites for hydroxylation is 1. The Morgan fingerprint density at radius 1 is 1.31 bits per heavy atom. The maximum atomic E-state index is 5.50. The molecule has 0 amide bonds. The van der Waals surface area contributed by atoms with E-state index in [1.807, 2.05) is 26.0 Å². The molecule has 1 N–H and O–H groups in total. The minimum absolute atomic E-state index is 0.576. The van der Waals surface area contributed by atoms with Crippen molar-refractivity contribution in [2.75, 3.05) is 19.0 Å². The second kappa shape index (κ2) is 8.99. The van der Waals surface area contributed by atoms with E-state index in [9.17, 15) is 0 Å². The van der Waals surface area contributed by atoms with Gasteiger partial charge in [0.15, 0.2) is 0 Å². The third kappa shape index (κ3) is 5.31. The van der Waals surface area contributed by atoms with Crippen LogP contribution in [0, 0.1) is 6.92 Å². The first-order valence-electron chi connectivity index (χ1n) is 8.60. The molecule has 0 fully saturated rings. The van der Waals surface area contributed by atoms with Gasteiger partial charge >= 0.3 is 0 Å². The van der Waals surface area contributed by atoms with Crippen LogP contribution in [0.5, 0.6) is 0 Å². The summed E-state index contributed by atoms with van der Waals surface area (Å²) in [5.41, 5.74) is 7.03. The summed E-state index contributed by atoms with van der Waals surface area (Å²) in [5.74, 6) is 0.786. The molecule has 0 unspecified atom stereocenters. The molecule has 0 spiro atoms. The summed E-state index contributed by atoms with van der Waals surface area (Å²) in [6, 6.07) is 6.28. The van der Waals surface area contributed by atoms with E-state index < -0.39 is 0 Å². The van der Waals surface area contributed by atoms with Gasteiger partial charge in [0.25, 0.3) is 0 Å². The van der Waals surface area contributed by atoms with E-state index in [0.29, 0.717) is 13.0 Å². The molecular formula is C22H27N3O. The Bertz CT molecular complexity index is 826. The van der Waals surface area contributed by atoms with E-state index in [-0.39, 0.29) is 0 Å². The molecule has 4 nitrogen and oxygen atoms in total. The molecule has 2 rings (SSSR count). The van der Waals surface area contributed by atoms with Crippen molar-refractivity contribution in [3.05, 3.63) is 77.2 Å². The van der Waals surface area contributed by atoms with Gasteiger partial charge in [-0.1, -0.05) is 25.3 Å². The molecule has 1 aromatic carbocycles. The van der Waals surface area contributed by atoms with Crippen molar-refractivity contribution in [3.8, 4) is 0 Å². The van der Waals surface area contributed by atoms with Gasteiger partial charge in [0, 0.05) is 17.8 Å². The lowest BCUT2D eigenvalue weighted by atomic mass is 9.97. The normalized spacial score (nSPS) is 18.9. The number of allylic oxidation sites excluding steroid dienone is 4. The van der Waals surface area contributed by atoms with Crippen LogP contribution in [-0.4, -0.2) is 25.7 Å². The molecule has 0 aliphatic carbocycles.